The van der Waals surface area contributed by atoms with E-state index in [-0.39, 0.29) is 18.8 Å². The van der Waals surface area contributed by atoms with Crippen LogP contribution in [0.2, 0.25) is 36.3 Å². The number of aliphatic hydroxyl groups excluding tert-OH is 1. The number of methoxy groups -OCH3 is 2. The van der Waals surface area contributed by atoms with Crippen LogP contribution in [0, 0.1) is 0 Å². The smallest absolute Gasteiger partial charge is 0.251 e. The summed E-state index contributed by atoms with van der Waals surface area (Å²) in [4.78, 5) is 0. The van der Waals surface area contributed by atoms with E-state index in [1.807, 2.05) is 18.2 Å². The first-order valence-electron chi connectivity index (χ1n) is 18.3. The van der Waals surface area contributed by atoms with Crippen LogP contribution in [0.3, 0.4) is 0 Å². The van der Waals surface area contributed by atoms with Gasteiger partial charge in [-0.05, 0) is 85.0 Å². The molecule has 0 aliphatic rings. The Hall–Kier alpha value is -2.27. The van der Waals surface area contributed by atoms with Gasteiger partial charge >= 0.3 is 0 Å². The molecule has 0 spiro atoms. The second kappa shape index (κ2) is 21.0. The third-order valence-corrected chi connectivity index (χ3v) is 19.0. The van der Waals surface area contributed by atoms with Crippen molar-refractivity contribution in [1.82, 2.24) is 0 Å². The molecule has 2 atom stereocenters. The van der Waals surface area contributed by atoms with E-state index in [0.717, 1.165) is 97.4 Å². The van der Waals surface area contributed by atoms with Crippen molar-refractivity contribution in [3.8, 4) is 23.0 Å². The van der Waals surface area contributed by atoms with E-state index >= 15 is 0 Å². The molecule has 0 aliphatic carbocycles. The number of benzene rings is 2. The number of hydrogen-bond donors (Lipinski definition) is 1. The van der Waals surface area contributed by atoms with Crippen LogP contribution in [0.5, 0.6) is 23.0 Å². The van der Waals surface area contributed by atoms with Gasteiger partial charge in [0.1, 0.15) is 18.0 Å². The summed E-state index contributed by atoms with van der Waals surface area (Å²) in [5.74, 6) is 2.74. The largest absolute Gasteiger partial charge is 0.541 e. The van der Waals surface area contributed by atoms with Crippen LogP contribution in [0.25, 0.3) is 0 Å². The van der Waals surface area contributed by atoms with Gasteiger partial charge in [-0.3, -0.25) is 0 Å². The van der Waals surface area contributed by atoms with Gasteiger partial charge in [-0.15, -0.1) is 6.58 Å². The van der Waals surface area contributed by atoms with Crippen molar-refractivity contribution in [2.24, 2.45) is 0 Å². The van der Waals surface area contributed by atoms with Crippen molar-refractivity contribution < 1.29 is 28.2 Å². The molecule has 6 nitrogen and oxygen atoms in total. The van der Waals surface area contributed by atoms with E-state index in [0.29, 0.717) is 23.5 Å². The first-order chi connectivity index (χ1) is 22.7. The predicted octanol–water partition coefficient (Wildman–Crippen LogP) is 11.2. The third-order valence-electron chi connectivity index (χ3n) is 9.15. The van der Waals surface area contributed by atoms with E-state index in [2.05, 4.69) is 73.2 Å². The quantitative estimate of drug-likeness (QED) is 0.0828. The highest BCUT2D eigenvalue weighted by atomic mass is 28.4. The molecule has 47 heavy (non-hydrogen) atoms. The topological polar surface area (TPSA) is 66.4 Å². The molecular weight excluding hydrogens is 621 g/mol. The van der Waals surface area contributed by atoms with E-state index in [1.165, 1.54) is 0 Å². The van der Waals surface area contributed by atoms with Crippen LogP contribution in [0.15, 0.2) is 43.0 Å². The monoisotopic (exact) mass is 686 g/mol. The van der Waals surface area contributed by atoms with E-state index < -0.39 is 16.6 Å². The summed E-state index contributed by atoms with van der Waals surface area (Å²) in [6.45, 7) is 19.4. The molecule has 0 amide bonds. The van der Waals surface area contributed by atoms with E-state index in [9.17, 15) is 5.11 Å². The molecule has 2 rings (SSSR count). The molecule has 0 saturated carbocycles. The van der Waals surface area contributed by atoms with Crippen molar-refractivity contribution >= 4 is 16.6 Å². The maximum Gasteiger partial charge on any atom is 0.251 e. The molecule has 2 aromatic rings. The normalized spacial score (nSPS) is 13.2. The van der Waals surface area contributed by atoms with Gasteiger partial charge in [-0.1, -0.05) is 92.2 Å². The van der Waals surface area contributed by atoms with Gasteiger partial charge in [0.2, 0.25) is 0 Å². The maximum atomic E-state index is 10.4. The van der Waals surface area contributed by atoms with Crippen LogP contribution in [-0.4, -0.2) is 42.1 Å². The minimum Gasteiger partial charge on any atom is -0.541 e. The van der Waals surface area contributed by atoms with Gasteiger partial charge < -0.3 is 28.2 Å². The van der Waals surface area contributed by atoms with Crippen molar-refractivity contribution in [2.45, 2.75) is 148 Å². The van der Waals surface area contributed by atoms with Crippen molar-refractivity contribution in [3.63, 3.8) is 0 Å². The lowest BCUT2D eigenvalue weighted by molar-refractivity contribution is 0.0525. The fourth-order valence-electron chi connectivity index (χ4n) is 7.35. The van der Waals surface area contributed by atoms with Crippen molar-refractivity contribution in [2.75, 3.05) is 14.2 Å². The van der Waals surface area contributed by atoms with Crippen molar-refractivity contribution in [1.29, 1.82) is 0 Å². The molecule has 266 valence electrons. The molecule has 0 aromatic heterocycles. The van der Waals surface area contributed by atoms with Gasteiger partial charge in [0, 0.05) is 5.56 Å². The Balaban J connectivity index is 2.70. The lowest BCUT2D eigenvalue weighted by Crippen LogP contribution is -2.42. The van der Waals surface area contributed by atoms with Gasteiger partial charge in [0.15, 0.2) is 25.6 Å². The molecule has 0 fully saturated rings. The van der Waals surface area contributed by atoms with Gasteiger partial charge in [0.05, 0.1) is 20.8 Å². The first kappa shape index (κ1) is 40.9. The fraction of sp³-hybridized carbons (Fsp3) is 0.641. The summed E-state index contributed by atoms with van der Waals surface area (Å²) in [7, 11) is -0.733. The van der Waals surface area contributed by atoms with Gasteiger partial charge in [-0.25, -0.2) is 0 Å². The Labute approximate surface area is 289 Å². The van der Waals surface area contributed by atoms with Gasteiger partial charge in [-0.2, -0.15) is 0 Å². The summed E-state index contributed by atoms with van der Waals surface area (Å²) < 4.78 is 33.1. The Morgan fingerprint density at radius 1 is 0.723 bits per heavy atom. The molecule has 2 unspecified atom stereocenters. The standard InChI is InChI=1S/C39H66O6Si2/c1-11-18-32-27-34(30-40)39(37(28-32)42-10)43-31(8)38(45-47(24-15-5,25-16-6)26-17-7)33-19-20-35(36(29-33)41-9)44-46(21-12-2,22-13-3)23-14-4/h11,19-20,27-29,31,38,40H,1,12-18,21-26,30H2,2-10H3. The summed E-state index contributed by atoms with van der Waals surface area (Å²) in [6.07, 6.45) is 8.48. The Bertz CT molecular complexity index is 1140. The Morgan fingerprint density at radius 3 is 1.72 bits per heavy atom. The molecule has 0 bridgehead atoms. The minimum absolute atomic E-state index is 0.159. The molecule has 2 aromatic carbocycles. The Morgan fingerprint density at radius 2 is 1.26 bits per heavy atom. The highest BCUT2D eigenvalue weighted by Gasteiger charge is 2.39. The SMILES string of the molecule is C=CCc1cc(CO)c(OC(C)C(O[Si](CCC)(CCC)CCC)c2ccc(O[Si](CCC)(CCC)CCC)c(OC)c2)c(OC)c1. The lowest BCUT2D eigenvalue weighted by Gasteiger charge is -2.38. The van der Waals surface area contributed by atoms with Crippen LogP contribution >= 0.6 is 0 Å². The van der Waals surface area contributed by atoms with Gasteiger partial charge in [0.25, 0.3) is 8.32 Å². The molecule has 1 N–H and O–H groups in total. The van der Waals surface area contributed by atoms with Crippen LogP contribution in [0.4, 0.5) is 0 Å². The fourth-order valence-corrected chi connectivity index (χ4v) is 16.5. The number of allylic oxidation sites excluding steroid dienone is 1. The number of hydrogen-bond acceptors (Lipinski definition) is 6. The molecule has 0 aliphatic heterocycles. The lowest BCUT2D eigenvalue weighted by atomic mass is 10.0. The predicted molar refractivity (Wildman–Crippen MR) is 202 cm³/mol. The van der Waals surface area contributed by atoms with Crippen LogP contribution in [0.1, 0.15) is 110 Å². The number of ether oxygens (including phenoxy) is 3. The highest BCUT2D eigenvalue weighted by Crippen LogP contribution is 2.42. The first-order valence-corrected chi connectivity index (χ1v) is 23.4. The van der Waals surface area contributed by atoms with Crippen molar-refractivity contribution in [3.05, 3.63) is 59.7 Å². The number of aliphatic hydroxyl groups is 1. The minimum atomic E-state index is -2.13. The summed E-state index contributed by atoms with van der Waals surface area (Å²) in [6, 6.07) is 17.1. The molecular formula is C39H66O6Si2. The van der Waals surface area contributed by atoms with Crippen LogP contribution < -0.4 is 18.6 Å². The zero-order valence-electron chi connectivity index (χ0n) is 31.2. The van der Waals surface area contributed by atoms with Crippen LogP contribution in [-0.2, 0) is 17.5 Å². The Kier molecular flexibility index (Phi) is 18.2. The zero-order valence-corrected chi connectivity index (χ0v) is 33.2. The second-order valence-electron chi connectivity index (χ2n) is 13.2. The molecule has 8 heteroatoms. The van der Waals surface area contributed by atoms with E-state index in [4.69, 9.17) is 23.1 Å². The second-order valence-corrected chi connectivity index (χ2v) is 21.3. The van der Waals surface area contributed by atoms with E-state index in [1.54, 1.807) is 14.2 Å². The summed E-state index contributed by atoms with van der Waals surface area (Å²) >= 11 is 0. The summed E-state index contributed by atoms with van der Waals surface area (Å²) in [5, 5.41) is 10.4. The third kappa shape index (κ3) is 11.4. The maximum absolute atomic E-state index is 10.4. The summed E-state index contributed by atoms with van der Waals surface area (Å²) in [5.41, 5.74) is 2.72. The molecule has 0 saturated heterocycles. The molecule has 0 heterocycles. The molecule has 0 radical (unpaired) electrons. The number of rotatable bonds is 25. The average molecular weight is 687 g/mol. The zero-order chi connectivity index (χ0) is 34.9. The highest BCUT2D eigenvalue weighted by molar-refractivity contribution is 6.74. The average Bonchev–Trinajstić information content (AvgIpc) is 3.05.